The summed E-state index contributed by atoms with van der Waals surface area (Å²) in [6, 6.07) is 12.1. The van der Waals surface area contributed by atoms with Crippen molar-refractivity contribution in [1.82, 2.24) is 0 Å². The van der Waals surface area contributed by atoms with Gasteiger partial charge >= 0.3 is 0 Å². The van der Waals surface area contributed by atoms with Crippen molar-refractivity contribution in [3.8, 4) is 0 Å². The number of benzene rings is 2. The maximum Gasteiger partial charge on any atom is 0.228 e. The number of rotatable bonds is 2. The molecule has 1 aromatic heterocycles. The molecule has 5 heteroatoms. The largest absolute Gasteiger partial charge is 0.451 e. The summed E-state index contributed by atoms with van der Waals surface area (Å²) in [4.78, 5) is 12.4. The van der Waals surface area contributed by atoms with E-state index in [2.05, 4.69) is 15.9 Å². The Labute approximate surface area is 133 Å². The lowest BCUT2D eigenvalue weighted by atomic mass is 10.1. The maximum atomic E-state index is 12.4. The van der Waals surface area contributed by atoms with Gasteiger partial charge in [-0.3, -0.25) is 4.79 Å². The highest BCUT2D eigenvalue weighted by Crippen LogP contribution is 2.31. The molecule has 0 N–H and O–H groups in total. The summed E-state index contributed by atoms with van der Waals surface area (Å²) >= 11 is 15.3. The molecule has 2 aromatic carbocycles. The molecule has 0 aliphatic heterocycles. The van der Waals surface area contributed by atoms with Crippen molar-refractivity contribution in [2.45, 2.75) is 0 Å². The zero-order valence-electron chi connectivity index (χ0n) is 9.99. The lowest BCUT2D eigenvalue weighted by Gasteiger charge is -1.98. The van der Waals surface area contributed by atoms with Gasteiger partial charge in [0.15, 0.2) is 11.3 Å². The van der Waals surface area contributed by atoms with E-state index in [4.69, 9.17) is 27.6 Å². The molecule has 0 saturated carbocycles. The molecule has 3 rings (SSSR count). The van der Waals surface area contributed by atoms with Gasteiger partial charge in [-0.1, -0.05) is 51.3 Å². The fourth-order valence-electron chi connectivity index (χ4n) is 1.96. The molecular weight excluding hydrogens is 363 g/mol. The second kappa shape index (κ2) is 5.24. The van der Waals surface area contributed by atoms with Crippen LogP contribution in [0.5, 0.6) is 0 Å². The molecule has 20 heavy (non-hydrogen) atoms. The van der Waals surface area contributed by atoms with E-state index in [9.17, 15) is 4.79 Å². The van der Waals surface area contributed by atoms with Gasteiger partial charge in [-0.25, -0.2) is 0 Å². The number of carbonyl (C=O) groups excluding carboxylic acids is 1. The second-order valence-electron chi connectivity index (χ2n) is 4.26. The van der Waals surface area contributed by atoms with Gasteiger partial charge in [0.1, 0.15) is 0 Å². The molecule has 0 unspecified atom stereocenters. The minimum absolute atomic E-state index is 0.199. The topological polar surface area (TPSA) is 30.2 Å². The third kappa shape index (κ3) is 2.49. The Morgan fingerprint density at radius 3 is 2.65 bits per heavy atom. The smallest absolute Gasteiger partial charge is 0.228 e. The molecule has 0 saturated heterocycles. The van der Waals surface area contributed by atoms with Crippen LogP contribution in [0, 0.1) is 0 Å². The third-order valence-corrected chi connectivity index (χ3v) is 3.84. The Bertz CT molecular complexity index is 824. The second-order valence-corrected chi connectivity index (χ2v) is 6.02. The fraction of sp³-hybridized carbons (Fsp3) is 0. The summed E-state index contributed by atoms with van der Waals surface area (Å²) < 4.78 is 6.39. The Hall–Kier alpha value is -1.29. The summed E-state index contributed by atoms with van der Waals surface area (Å²) in [7, 11) is 0. The summed E-state index contributed by atoms with van der Waals surface area (Å²) in [6.07, 6.45) is 0. The Morgan fingerprint density at radius 2 is 1.90 bits per heavy atom. The van der Waals surface area contributed by atoms with E-state index in [1.165, 1.54) is 0 Å². The van der Waals surface area contributed by atoms with Gasteiger partial charge < -0.3 is 4.42 Å². The molecule has 0 bridgehead atoms. The minimum Gasteiger partial charge on any atom is -0.451 e. The monoisotopic (exact) mass is 368 g/mol. The summed E-state index contributed by atoms with van der Waals surface area (Å²) in [5.41, 5.74) is 1.01. The van der Waals surface area contributed by atoms with Crippen LogP contribution in [-0.2, 0) is 0 Å². The molecule has 0 fully saturated rings. The lowest BCUT2D eigenvalue weighted by molar-refractivity contribution is 0.101. The molecule has 1 heterocycles. The molecular formula is C15H7BrCl2O2. The van der Waals surface area contributed by atoms with Crippen molar-refractivity contribution < 1.29 is 9.21 Å². The Kier molecular flexibility index (Phi) is 3.59. The number of ketones is 1. The van der Waals surface area contributed by atoms with Gasteiger partial charge in [-0.2, -0.15) is 0 Å². The van der Waals surface area contributed by atoms with Crippen LogP contribution in [0.4, 0.5) is 0 Å². The van der Waals surface area contributed by atoms with E-state index >= 15 is 0 Å². The van der Waals surface area contributed by atoms with E-state index in [0.717, 1.165) is 4.47 Å². The van der Waals surface area contributed by atoms with Gasteiger partial charge in [-0.15, -0.1) is 0 Å². The van der Waals surface area contributed by atoms with Crippen LogP contribution < -0.4 is 0 Å². The first kappa shape index (κ1) is 13.7. The van der Waals surface area contributed by atoms with Gasteiger partial charge in [-0.05, 0) is 30.3 Å². The van der Waals surface area contributed by atoms with Crippen LogP contribution in [0.1, 0.15) is 16.1 Å². The summed E-state index contributed by atoms with van der Waals surface area (Å²) in [6.45, 7) is 0. The van der Waals surface area contributed by atoms with Gasteiger partial charge in [0, 0.05) is 20.4 Å². The van der Waals surface area contributed by atoms with E-state index in [0.29, 0.717) is 26.6 Å². The normalized spacial score (nSPS) is 10.9. The van der Waals surface area contributed by atoms with E-state index in [1.54, 1.807) is 36.4 Å². The fourth-order valence-corrected chi connectivity index (χ4v) is 2.91. The summed E-state index contributed by atoms with van der Waals surface area (Å²) in [5, 5.41) is 1.60. The molecule has 100 valence electrons. The first-order valence-corrected chi connectivity index (χ1v) is 7.28. The molecule has 0 spiro atoms. The number of hydrogen-bond acceptors (Lipinski definition) is 2. The molecule has 0 aliphatic rings. The van der Waals surface area contributed by atoms with Crippen LogP contribution in [-0.4, -0.2) is 5.78 Å². The van der Waals surface area contributed by atoms with Gasteiger partial charge in [0.05, 0.1) is 5.02 Å². The molecule has 0 amide bonds. The average molecular weight is 370 g/mol. The van der Waals surface area contributed by atoms with Crippen molar-refractivity contribution in [2.75, 3.05) is 0 Å². The third-order valence-electron chi connectivity index (χ3n) is 2.85. The SMILES string of the molecule is O=C(c1cccc(Br)c1)c1cc2cc(Cl)cc(Cl)c2o1. The predicted octanol–water partition coefficient (Wildman–Crippen LogP) is 5.73. The van der Waals surface area contributed by atoms with Crippen molar-refractivity contribution in [1.29, 1.82) is 0 Å². The van der Waals surface area contributed by atoms with Crippen molar-refractivity contribution in [3.05, 3.63) is 68.3 Å². The van der Waals surface area contributed by atoms with Gasteiger partial charge in [0.25, 0.3) is 0 Å². The van der Waals surface area contributed by atoms with Gasteiger partial charge in [0.2, 0.25) is 5.78 Å². The number of furan rings is 1. The first-order chi connectivity index (χ1) is 9.54. The number of fused-ring (bicyclic) bond motifs is 1. The predicted molar refractivity (Wildman–Crippen MR) is 83.8 cm³/mol. The number of hydrogen-bond donors (Lipinski definition) is 0. The van der Waals surface area contributed by atoms with E-state index in [1.807, 2.05) is 6.07 Å². The lowest BCUT2D eigenvalue weighted by Crippen LogP contribution is -1.98. The Morgan fingerprint density at radius 1 is 1.10 bits per heavy atom. The zero-order chi connectivity index (χ0) is 14.3. The van der Waals surface area contributed by atoms with E-state index < -0.39 is 0 Å². The molecule has 0 atom stereocenters. The van der Waals surface area contributed by atoms with Crippen molar-refractivity contribution in [2.24, 2.45) is 0 Å². The molecule has 0 aliphatic carbocycles. The first-order valence-electron chi connectivity index (χ1n) is 5.73. The molecule has 3 aromatic rings. The Balaban J connectivity index is 2.11. The number of carbonyl (C=O) groups is 1. The van der Waals surface area contributed by atoms with E-state index in [-0.39, 0.29) is 11.5 Å². The average Bonchev–Trinajstić information content (AvgIpc) is 2.82. The number of halogens is 3. The standard InChI is InChI=1S/C15H7BrCl2O2/c16-10-3-1-2-8(4-10)14(19)13-6-9-5-11(17)7-12(18)15(9)20-13/h1-7H. The van der Waals surface area contributed by atoms with Crippen molar-refractivity contribution >= 4 is 55.9 Å². The van der Waals surface area contributed by atoms with Crippen LogP contribution >= 0.6 is 39.1 Å². The highest BCUT2D eigenvalue weighted by Gasteiger charge is 2.16. The molecule has 2 nitrogen and oxygen atoms in total. The zero-order valence-corrected chi connectivity index (χ0v) is 13.1. The summed E-state index contributed by atoms with van der Waals surface area (Å²) in [5.74, 6) is 0.0388. The maximum absolute atomic E-state index is 12.4. The van der Waals surface area contributed by atoms with Crippen LogP contribution in [0.25, 0.3) is 11.0 Å². The quantitative estimate of drug-likeness (QED) is 0.539. The highest BCUT2D eigenvalue weighted by molar-refractivity contribution is 9.10. The van der Waals surface area contributed by atoms with Crippen LogP contribution in [0.2, 0.25) is 10.0 Å². The molecule has 0 radical (unpaired) electrons. The highest BCUT2D eigenvalue weighted by atomic mass is 79.9. The minimum atomic E-state index is -0.199. The van der Waals surface area contributed by atoms with Crippen LogP contribution in [0.3, 0.4) is 0 Å². The van der Waals surface area contributed by atoms with Crippen molar-refractivity contribution in [3.63, 3.8) is 0 Å². The van der Waals surface area contributed by atoms with Crippen LogP contribution in [0.15, 0.2) is 51.4 Å².